The van der Waals surface area contributed by atoms with Crippen molar-refractivity contribution in [2.75, 3.05) is 0 Å². The molecule has 0 saturated heterocycles. The van der Waals surface area contributed by atoms with Crippen molar-refractivity contribution < 1.29 is 9.90 Å². The van der Waals surface area contributed by atoms with Crippen LogP contribution in [-0.4, -0.2) is 20.2 Å². The molecule has 2 aromatic heterocycles. The molecule has 0 fully saturated rings. The van der Waals surface area contributed by atoms with Gasteiger partial charge in [-0.2, -0.15) is 0 Å². The second kappa shape index (κ2) is 5.22. The second-order valence-corrected chi connectivity index (χ2v) is 6.16. The maximum absolute atomic E-state index is 12.2. The molecule has 8 heteroatoms. The fourth-order valence-corrected chi connectivity index (χ4v) is 3.88. The molecule has 2 heterocycles. The van der Waals surface area contributed by atoms with Gasteiger partial charge in [0.25, 0.3) is 11.1 Å². The highest BCUT2D eigenvalue weighted by Crippen LogP contribution is 1.98. The number of carboxylic acids is 1. The predicted molar refractivity (Wildman–Crippen MR) is 78.4 cm³/mol. The summed E-state index contributed by atoms with van der Waals surface area (Å²) in [7, 11) is 0. The average molecular weight is 312 g/mol. The fourth-order valence-electron chi connectivity index (χ4n) is 1.81. The van der Waals surface area contributed by atoms with Gasteiger partial charge in [-0.1, -0.05) is 13.2 Å². The zero-order valence-corrected chi connectivity index (χ0v) is 12.3. The Labute approximate surface area is 120 Å². The van der Waals surface area contributed by atoms with Crippen LogP contribution in [0.2, 0.25) is 0 Å². The largest absolute Gasteiger partial charge is 0.480 e. The van der Waals surface area contributed by atoms with Crippen molar-refractivity contribution in [3.63, 3.8) is 0 Å². The molecular weight excluding hydrogens is 300 g/mol. The van der Waals surface area contributed by atoms with Crippen molar-refractivity contribution in [3.05, 3.63) is 39.1 Å². The molecule has 0 unspecified atom stereocenters. The van der Waals surface area contributed by atoms with Gasteiger partial charge >= 0.3 is 5.97 Å². The van der Waals surface area contributed by atoms with E-state index in [-0.39, 0.29) is 10.1 Å². The van der Waals surface area contributed by atoms with E-state index < -0.39 is 18.1 Å². The first-order valence-corrected chi connectivity index (χ1v) is 7.33. The maximum Gasteiger partial charge on any atom is 0.323 e. The van der Waals surface area contributed by atoms with Gasteiger partial charge in [0.05, 0.1) is 9.20 Å². The van der Waals surface area contributed by atoms with Gasteiger partial charge in [0.2, 0.25) is 0 Å². The highest BCUT2D eigenvalue weighted by atomic mass is 32.1. The lowest BCUT2D eigenvalue weighted by Gasteiger charge is -1.95. The van der Waals surface area contributed by atoms with Gasteiger partial charge in [-0.15, -0.1) is 22.7 Å². The van der Waals surface area contributed by atoms with Crippen molar-refractivity contribution in [2.24, 2.45) is 0 Å². The Balaban J connectivity index is 3.07. The lowest BCUT2D eigenvalue weighted by Crippen LogP contribution is -2.29. The Morgan fingerprint density at radius 2 is 1.85 bits per heavy atom. The summed E-state index contributed by atoms with van der Waals surface area (Å²) in [5.41, 5.74) is -0.739. The summed E-state index contributed by atoms with van der Waals surface area (Å²) in [5.74, 6) is -1.15. The molecule has 0 atom stereocenters. The summed E-state index contributed by atoms with van der Waals surface area (Å²) in [6.45, 7) is 9.17. The van der Waals surface area contributed by atoms with E-state index in [1.807, 2.05) is 6.92 Å². The minimum Gasteiger partial charge on any atom is -0.480 e. The molecule has 2 rings (SSSR count). The van der Waals surface area contributed by atoms with Crippen LogP contribution in [0.15, 0.2) is 9.59 Å². The van der Waals surface area contributed by atoms with Crippen molar-refractivity contribution in [3.8, 4) is 0 Å². The van der Waals surface area contributed by atoms with Crippen LogP contribution in [0.25, 0.3) is 13.2 Å². The SMILES string of the molecule is C=c1s/c(=c2/sc(=C)n(CC)c2=O)n(CC(=O)O)c1=O. The molecule has 20 heavy (non-hydrogen) atoms. The molecule has 0 spiro atoms. The predicted octanol–water partition coefficient (Wildman–Crippen LogP) is -0.655. The van der Waals surface area contributed by atoms with Crippen LogP contribution < -0.4 is 20.3 Å². The third-order valence-corrected chi connectivity index (χ3v) is 4.91. The molecule has 106 valence electrons. The Hall–Kier alpha value is -1.93. The van der Waals surface area contributed by atoms with Crippen molar-refractivity contribution in [1.29, 1.82) is 0 Å². The van der Waals surface area contributed by atoms with E-state index >= 15 is 0 Å². The normalized spacial score (nSPS) is 12.7. The smallest absolute Gasteiger partial charge is 0.323 e. The highest BCUT2D eigenvalue weighted by molar-refractivity contribution is 7.11. The summed E-state index contributed by atoms with van der Waals surface area (Å²) in [4.78, 5) is 35.0. The Kier molecular flexibility index (Phi) is 3.78. The van der Waals surface area contributed by atoms with E-state index in [1.165, 1.54) is 4.57 Å². The van der Waals surface area contributed by atoms with Crippen LogP contribution in [0.5, 0.6) is 0 Å². The molecule has 0 bridgehead atoms. The number of hydrogen-bond acceptors (Lipinski definition) is 5. The van der Waals surface area contributed by atoms with Crippen LogP contribution in [-0.2, 0) is 17.9 Å². The van der Waals surface area contributed by atoms with Crippen LogP contribution in [0.3, 0.4) is 0 Å². The summed E-state index contributed by atoms with van der Waals surface area (Å²) >= 11 is 2.18. The first-order valence-electron chi connectivity index (χ1n) is 5.70. The molecule has 0 amide bonds. The molecule has 0 aliphatic carbocycles. The summed E-state index contributed by atoms with van der Waals surface area (Å²) < 4.78 is 3.99. The molecular formula is C12H12N2O4S2. The standard InChI is InChI=1S/C12H12N2O4S2/c1-4-13-7(3)20-9(11(13)18)12-14(5-8(15)16)10(17)6(2)19-12/h2-5H2,1H3,(H,15,16)/b12-9+. The lowest BCUT2D eigenvalue weighted by atomic mass is 10.6. The van der Waals surface area contributed by atoms with E-state index in [0.29, 0.717) is 20.4 Å². The topological polar surface area (TPSA) is 81.3 Å². The molecule has 0 saturated carbocycles. The van der Waals surface area contributed by atoms with E-state index in [0.717, 1.165) is 27.2 Å². The van der Waals surface area contributed by atoms with Crippen LogP contribution in [0.4, 0.5) is 0 Å². The number of nitrogens with zero attached hydrogens (tertiary/aromatic N) is 2. The van der Waals surface area contributed by atoms with Crippen LogP contribution in [0, 0.1) is 9.20 Å². The zero-order chi connectivity index (χ0) is 15.0. The first-order chi connectivity index (χ1) is 9.36. The monoisotopic (exact) mass is 312 g/mol. The molecule has 6 nitrogen and oxygen atoms in total. The molecule has 0 aliphatic rings. The van der Waals surface area contributed by atoms with Crippen LogP contribution >= 0.6 is 22.7 Å². The van der Waals surface area contributed by atoms with Crippen LogP contribution in [0.1, 0.15) is 6.92 Å². The zero-order valence-electron chi connectivity index (χ0n) is 10.7. The Morgan fingerprint density at radius 3 is 2.35 bits per heavy atom. The van der Waals surface area contributed by atoms with Gasteiger partial charge in [-0.3, -0.25) is 23.5 Å². The quantitative estimate of drug-likeness (QED) is 0.816. The van der Waals surface area contributed by atoms with Gasteiger partial charge in [0, 0.05) is 6.54 Å². The van der Waals surface area contributed by atoms with Gasteiger partial charge in [-0.25, -0.2) is 0 Å². The fraction of sp³-hybridized carbons (Fsp3) is 0.250. The molecule has 1 N–H and O–H groups in total. The van der Waals surface area contributed by atoms with E-state index in [2.05, 4.69) is 13.2 Å². The summed E-state index contributed by atoms with van der Waals surface area (Å²) in [5, 5.41) is 8.88. The maximum atomic E-state index is 12.2. The van der Waals surface area contributed by atoms with E-state index in [1.54, 1.807) is 0 Å². The molecule has 0 radical (unpaired) electrons. The Bertz CT molecular complexity index is 977. The van der Waals surface area contributed by atoms with Crippen molar-refractivity contribution in [2.45, 2.75) is 20.0 Å². The second-order valence-electron chi connectivity index (χ2n) is 3.99. The number of aliphatic carboxylic acids is 1. The summed E-state index contributed by atoms with van der Waals surface area (Å²) in [6.07, 6.45) is 0. The molecule has 0 aromatic carbocycles. The average Bonchev–Trinajstić information content (AvgIpc) is 2.80. The third kappa shape index (κ3) is 2.27. The van der Waals surface area contributed by atoms with Gasteiger partial charge in [-0.05, 0) is 6.92 Å². The van der Waals surface area contributed by atoms with Gasteiger partial charge in [0.15, 0.2) is 0 Å². The minimum atomic E-state index is -1.15. The summed E-state index contributed by atoms with van der Waals surface area (Å²) in [6, 6.07) is 0. The number of hydrogen-bond donors (Lipinski definition) is 1. The number of aromatic nitrogens is 2. The third-order valence-electron chi connectivity index (χ3n) is 2.71. The van der Waals surface area contributed by atoms with Crippen molar-refractivity contribution >= 4 is 41.8 Å². The number of carboxylic acid groups (broad SMARTS) is 1. The van der Waals surface area contributed by atoms with E-state index in [4.69, 9.17) is 5.11 Å². The van der Waals surface area contributed by atoms with Gasteiger partial charge < -0.3 is 5.11 Å². The number of rotatable bonds is 3. The number of thiazole rings is 2. The minimum absolute atomic E-state index is 0.211. The lowest BCUT2D eigenvalue weighted by molar-refractivity contribution is -0.137. The van der Waals surface area contributed by atoms with Gasteiger partial charge in [0.1, 0.15) is 15.7 Å². The Morgan fingerprint density at radius 1 is 1.20 bits per heavy atom. The van der Waals surface area contributed by atoms with Crippen molar-refractivity contribution in [1.82, 2.24) is 9.13 Å². The van der Waals surface area contributed by atoms with E-state index in [9.17, 15) is 14.4 Å². The molecule has 2 aromatic rings. The first kappa shape index (κ1) is 14.5. The highest BCUT2D eigenvalue weighted by Gasteiger charge is 2.11. The number of carbonyl (C=O) groups is 1. The molecule has 0 aliphatic heterocycles.